The summed E-state index contributed by atoms with van der Waals surface area (Å²) >= 11 is 6.13. The molecule has 0 spiro atoms. The fourth-order valence-corrected chi connectivity index (χ4v) is 2.35. The third-order valence-electron chi connectivity index (χ3n) is 2.78. The highest BCUT2D eigenvalue weighted by atomic mass is 35.5. The van der Waals surface area contributed by atoms with Gasteiger partial charge in [-0.2, -0.15) is 0 Å². The van der Waals surface area contributed by atoms with Crippen molar-refractivity contribution in [2.75, 3.05) is 7.11 Å². The van der Waals surface area contributed by atoms with Gasteiger partial charge in [-0.3, -0.25) is 0 Å². The Morgan fingerprint density at radius 2 is 2.21 bits per heavy atom. The predicted molar refractivity (Wildman–Crippen MR) is 54.4 cm³/mol. The Labute approximate surface area is 87.8 Å². The average Bonchev–Trinajstić information content (AvgIpc) is 2.45. The van der Waals surface area contributed by atoms with E-state index in [1.807, 2.05) is 6.92 Å². The van der Waals surface area contributed by atoms with E-state index in [0.29, 0.717) is 5.56 Å². The van der Waals surface area contributed by atoms with Crippen molar-refractivity contribution in [2.45, 2.75) is 18.7 Å². The molecule has 0 bridgehead atoms. The lowest BCUT2D eigenvalue weighted by Gasteiger charge is -2.09. The molecule has 76 valence electrons. The number of hydrogen-bond acceptors (Lipinski definition) is 1. The zero-order valence-electron chi connectivity index (χ0n) is 8.18. The molecule has 1 aromatic rings. The molecule has 1 nitrogen and oxygen atoms in total. The molecule has 2 rings (SSSR count). The molecular formula is C11H12ClFO. The molecular weight excluding hydrogens is 203 g/mol. The van der Waals surface area contributed by atoms with Crippen LogP contribution in [0, 0.1) is 11.7 Å². The van der Waals surface area contributed by atoms with Gasteiger partial charge in [-0.1, -0.05) is 6.92 Å². The van der Waals surface area contributed by atoms with Crippen molar-refractivity contribution >= 4 is 11.6 Å². The summed E-state index contributed by atoms with van der Waals surface area (Å²) in [5, 5.41) is -0.222. The second-order valence-corrected chi connectivity index (χ2v) is 4.20. The molecule has 1 aromatic carbocycles. The lowest BCUT2D eigenvalue weighted by molar-refractivity contribution is 0.408. The predicted octanol–water partition coefficient (Wildman–Crippen LogP) is 3.31. The molecule has 0 saturated heterocycles. The van der Waals surface area contributed by atoms with Crippen LogP contribution in [0.1, 0.15) is 23.4 Å². The van der Waals surface area contributed by atoms with E-state index in [9.17, 15) is 4.39 Å². The van der Waals surface area contributed by atoms with Crippen LogP contribution in [0.5, 0.6) is 5.75 Å². The summed E-state index contributed by atoms with van der Waals surface area (Å²) in [6, 6.07) is 3.08. The monoisotopic (exact) mass is 214 g/mol. The second kappa shape index (κ2) is 3.43. The molecule has 2 unspecified atom stereocenters. The van der Waals surface area contributed by atoms with Crippen molar-refractivity contribution in [1.82, 2.24) is 0 Å². The normalized spacial score (nSPS) is 24.9. The summed E-state index contributed by atoms with van der Waals surface area (Å²) in [7, 11) is 1.60. The van der Waals surface area contributed by atoms with Crippen LogP contribution in [-0.2, 0) is 6.42 Å². The molecule has 0 aliphatic heterocycles. The molecule has 0 fully saturated rings. The van der Waals surface area contributed by atoms with Gasteiger partial charge in [-0.05, 0) is 24.5 Å². The van der Waals surface area contributed by atoms with Gasteiger partial charge in [0, 0.05) is 11.1 Å². The van der Waals surface area contributed by atoms with Crippen LogP contribution in [-0.4, -0.2) is 7.11 Å². The van der Waals surface area contributed by atoms with E-state index in [0.717, 1.165) is 17.7 Å². The fraction of sp³-hybridized carbons (Fsp3) is 0.455. The van der Waals surface area contributed by atoms with E-state index in [-0.39, 0.29) is 17.1 Å². The molecule has 14 heavy (non-hydrogen) atoms. The highest BCUT2D eigenvalue weighted by Gasteiger charge is 2.32. The van der Waals surface area contributed by atoms with Crippen LogP contribution >= 0.6 is 11.6 Å². The molecule has 0 heterocycles. The first-order valence-corrected chi connectivity index (χ1v) is 5.08. The quantitative estimate of drug-likeness (QED) is 0.652. The van der Waals surface area contributed by atoms with Gasteiger partial charge in [0.05, 0.1) is 12.5 Å². The number of ether oxygens (including phenoxy) is 1. The lowest BCUT2D eigenvalue weighted by atomic mass is 10.1. The van der Waals surface area contributed by atoms with Crippen LogP contribution in [0.3, 0.4) is 0 Å². The van der Waals surface area contributed by atoms with Gasteiger partial charge >= 0.3 is 0 Å². The van der Waals surface area contributed by atoms with Crippen molar-refractivity contribution in [2.24, 2.45) is 5.92 Å². The Morgan fingerprint density at radius 1 is 1.50 bits per heavy atom. The van der Waals surface area contributed by atoms with Gasteiger partial charge in [0.1, 0.15) is 11.6 Å². The molecule has 0 amide bonds. The molecule has 3 heteroatoms. The second-order valence-electron chi connectivity index (χ2n) is 3.73. The fourth-order valence-electron chi connectivity index (χ4n) is 2.03. The SMILES string of the molecule is COc1ccc(F)c2c1CC(C)C2Cl. The Morgan fingerprint density at radius 3 is 2.86 bits per heavy atom. The standard InChI is InChI=1S/C11H12ClFO/c1-6-5-7-9(14-2)4-3-8(13)10(7)11(6)12/h3-4,6,11H,5H2,1-2H3. The maximum absolute atomic E-state index is 13.5. The van der Waals surface area contributed by atoms with Crippen LogP contribution in [0.15, 0.2) is 12.1 Å². The third-order valence-corrected chi connectivity index (χ3v) is 3.43. The Bertz CT molecular complexity index is 365. The number of methoxy groups -OCH3 is 1. The van der Waals surface area contributed by atoms with Gasteiger partial charge < -0.3 is 4.74 Å². The van der Waals surface area contributed by atoms with Gasteiger partial charge in [0.25, 0.3) is 0 Å². The average molecular weight is 215 g/mol. The minimum absolute atomic E-state index is 0.217. The summed E-state index contributed by atoms with van der Waals surface area (Å²) in [5.74, 6) is 0.805. The van der Waals surface area contributed by atoms with E-state index < -0.39 is 0 Å². The van der Waals surface area contributed by atoms with E-state index in [2.05, 4.69) is 0 Å². The van der Waals surface area contributed by atoms with Gasteiger partial charge in [0.2, 0.25) is 0 Å². The number of halogens is 2. The van der Waals surface area contributed by atoms with E-state index in [1.54, 1.807) is 13.2 Å². The van der Waals surface area contributed by atoms with Crippen LogP contribution < -0.4 is 4.74 Å². The van der Waals surface area contributed by atoms with Crippen LogP contribution in [0.4, 0.5) is 4.39 Å². The number of fused-ring (bicyclic) bond motifs is 1. The summed E-state index contributed by atoms with van der Waals surface area (Å²) in [6.45, 7) is 2.02. The van der Waals surface area contributed by atoms with Crippen LogP contribution in [0.25, 0.3) is 0 Å². The first kappa shape index (κ1) is 9.78. The van der Waals surface area contributed by atoms with Crippen molar-refractivity contribution in [1.29, 1.82) is 0 Å². The largest absolute Gasteiger partial charge is 0.496 e. The van der Waals surface area contributed by atoms with E-state index in [1.165, 1.54) is 6.07 Å². The highest BCUT2D eigenvalue weighted by Crippen LogP contribution is 2.45. The van der Waals surface area contributed by atoms with Gasteiger partial charge in [-0.25, -0.2) is 4.39 Å². The number of rotatable bonds is 1. The summed E-state index contributed by atoms with van der Waals surface area (Å²) < 4.78 is 18.7. The van der Waals surface area contributed by atoms with E-state index in [4.69, 9.17) is 16.3 Å². The smallest absolute Gasteiger partial charge is 0.128 e. The minimum Gasteiger partial charge on any atom is -0.496 e. The molecule has 0 saturated carbocycles. The molecule has 1 aliphatic rings. The third kappa shape index (κ3) is 1.29. The first-order valence-electron chi connectivity index (χ1n) is 4.64. The number of alkyl halides is 1. The maximum atomic E-state index is 13.5. The first-order chi connectivity index (χ1) is 6.65. The molecule has 0 N–H and O–H groups in total. The summed E-state index contributed by atoms with van der Waals surface area (Å²) in [6.07, 6.45) is 0.796. The Hall–Kier alpha value is -0.760. The van der Waals surface area contributed by atoms with Crippen molar-refractivity contribution < 1.29 is 9.13 Å². The molecule has 0 radical (unpaired) electrons. The molecule has 2 atom stereocenters. The number of hydrogen-bond donors (Lipinski definition) is 0. The van der Waals surface area contributed by atoms with Crippen LogP contribution in [0.2, 0.25) is 0 Å². The lowest BCUT2D eigenvalue weighted by Crippen LogP contribution is -1.96. The molecule has 0 aromatic heterocycles. The van der Waals surface area contributed by atoms with E-state index >= 15 is 0 Å². The summed E-state index contributed by atoms with van der Waals surface area (Å²) in [4.78, 5) is 0. The zero-order valence-corrected chi connectivity index (χ0v) is 8.94. The topological polar surface area (TPSA) is 9.23 Å². The highest BCUT2D eigenvalue weighted by molar-refractivity contribution is 6.21. The van der Waals surface area contributed by atoms with Crippen molar-refractivity contribution in [3.8, 4) is 5.75 Å². The van der Waals surface area contributed by atoms with Gasteiger partial charge in [-0.15, -0.1) is 11.6 Å². The Balaban J connectivity index is 2.58. The zero-order chi connectivity index (χ0) is 10.3. The Kier molecular flexibility index (Phi) is 2.40. The van der Waals surface area contributed by atoms with Crippen molar-refractivity contribution in [3.05, 3.63) is 29.1 Å². The molecule has 1 aliphatic carbocycles. The van der Waals surface area contributed by atoms with Gasteiger partial charge in [0.15, 0.2) is 0 Å². The number of benzene rings is 1. The summed E-state index contributed by atoms with van der Waals surface area (Å²) in [5.41, 5.74) is 1.55. The maximum Gasteiger partial charge on any atom is 0.128 e. The van der Waals surface area contributed by atoms with Crippen molar-refractivity contribution in [3.63, 3.8) is 0 Å². The minimum atomic E-state index is -0.222.